The molecule has 1 saturated carbocycles. The van der Waals surface area contributed by atoms with Crippen LogP contribution in [-0.2, 0) is 13.0 Å². The predicted molar refractivity (Wildman–Crippen MR) is 116 cm³/mol. The minimum Gasteiger partial charge on any atom is -0.490 e. The van der Waals surface area contributed by atoms with Crippen molar-refractivity contribution in [3.8, 4) is 11.6 Å². The summed E-state index contributed by atoms with van der Waals surface area (Å²) in [6.07, 6.45) is 12.2. The summed E-state index contributed by atoms with van der Waals surface area (Å²) < 4.78 is 11.7. The molecule has 4 heteroatoms. The molecule has 156 valence electrons. The SMILES string of the molecule is COc1ncccc1CN1CCC(CCc2ccccc2OC2CCCC2)CC1. The van der Waals surface area contributed by atoms with Gasteiger partial charge in [0.25, 0.3) is 0 Å². The monoisotopic (exact) mass is 394 g/mol. The van der Waals surface area contributed by atoms with E-state index in [1.165, 1.54) is 56.1 Å². The Hall–Kier alpha value is -2.07. The Morgan fingerprint density at radius 2 is 1.72 bits per heavy atom. The summed E-state index contributed by atoms with van der Waals surface area (Å²) >= 11 is 0. The molecular weight excluding hydrogens is 360 g/mol. The van der Waals surface area contributed by atoms with Crippen molar-refractivity contribution in [2.45, 2.75) is 64.0 Å². The normalized spacial score (nSPS) is 18.8. The first-order valence-electron chi connectivity index (χ1n) is 11.3. The number of ether oxygens (including phenoxy) is 2. The van der Waals surface area contributed by atoms with Crippen LogP contribution in [0.4, 0.5) is 0 Å². The third-order valence-corrected chi connectivity index (χ3v) is 6.53. The van der Waals surface area contributed by atoms with Crippen molar-refractivity contribution in [2.75, 3.05) is 20.2 Å². The zero-order chi connectivity index (χ0) is 19.9. The van der Waals surface area contributed by atoms with Gasteiger partial charge in [-0.2, -0.15) is 0 Å². The van der Waals surface area contributed by atoms with E-state index in [0.29, 0.717) is 6.10 Å². The van der Waals surface area contributed by atoms with Gasteiger partial charge in [-0.05, 0) is 88.1 Å². The topological polar surface area (TPSA) is 34.6 Å². The molecule has 0 amide bonds. The van der Waals surface area contributed by atoms with E-state index in [4.69, 9.17) is 9.47 Å². The molecule has 0 bridgehead atoms. The highest BCUT2D eigenvalue weighted by atomic mass is 16.5. The van der Waals surface area contributed by atoms with E-state index in [9.17, 15) is 0 Å². The first-order valence-corrected chi connectivity index (χ1v) is 11.3. The van der Waals surface area contributed by atoms with Gasteiger partial charge in [0, 0.05) is 18.3 Å². The number of piperidine rings is 1. The summed E-state index contributed by atoms with van der Waals surface area (Å²) in [6.45, 7) is 3.24. The molecule has 0 N–H and O–H groups in total. The van der Waals surface area contributed by atoms with Crippen LogP contribution in [0.5, 0.6) is 11.6 Å². The number of likely N-dealkylation sites (tertiary alicyclic amines) is 1. The zero-order valence-electron chi connectivity index (χ0n) is 17.7. The number of benzene rings is 1. The fourth-order valence-corrected chi connectivity index (χ4v) is 4.77. The van der Waals surface area contributed by atoms with Crippen LogP contribution in [0.2, 0.25) is 0 Å². The molecule has 29 heavy (non-hydrogen) atoms. The van der Waals surface area contributed by atoms with E-state index in [1.807, 2.05) is 6.07 Å². The lowest BCUT2D eigenvalue weighted by Gasteiger charge is -2.32. The standard InChI is InChI=1S/C25H34N2O2/c1-28-25-22(8-6-16-26-25)19-27-17-14-20(15-18-27)12-13-21-7-2-5-11-24(21)29-23-9-3-4-10-23/h2,5-8,11,16,20,23H,3-4,9-10,12-15,17-19H2,1H3. The lowest BCUT2D eigenvalue weighted by atomic mass is 9.90. The van der Waals surface area contributed by atoms with Gasteiger partial charge in [-0.3, -0.25) is 4.90 Å². The highest BCUT2D eigenvalue weighted by Gasteiger charge is 2.22. The molecule has 0 unspecified atom stereocenters. The van der Waals surface area contributed by atoms with Crippen molar-refractivity contribution in [2.24, 2.45) is 5.92 Å². The van der Waals surface area contributed by atoms with Crippen LogP contribution in [0.1, 0.15) is 56.1 Å². The molecule has 4 nitrogen and oxygen atoms in total. The van der Waals surface area contributed by atoms with Crippen molar-refractivity contribution in [1.29, 1.82) is 0 Å². The molecule has 0 radical (unpaired) electrons. The molecule has 2 fully saturated rings. The van der Waals surface area contributed by atoms with Gasteiger partial charge < -0.3 is 9.47 Å². The van der Waals surface area contributed by atoms with Gasteiger partial charge in [0.15, 0.2) is 0 Å². The summed E-state index contributed by atoms with van der Waals surface area (Å²) in [7, 11) is 1.70. The summed E-state index contributed by atoms with van der Waals surface area (Å²) in [4.78, 5) is 6.86. The Balaban J connectivity index is 1.25. The van der Waals surface area contributed by atoms with Crippen molar-refractivity contribution in [3.63, 3.8) is 0 Å². The summed E-state index contributed by atoms with van der Waals surface area (Å²) in [5.41, 5.74) is 2.58. The lowest BCUT2D eigenvalue weighted by Crippen LogP contribution is -2.33. The van der Waals surface area contributed by atoms with E-state index in [-0.39, 0.29) is 0 Å². The maximum atomic E-state index is 6.33. The first kappa shape index (κ1) is 20.2. The van der Waals surface area contributed by atoms with Crippen LogP contribution < -0.4 is 9.47 Å². The van der Waals surface area contributed by atoms with Gasteiger partial charge in [0.05, 0.1) is 13.2 Å². The van der Waals surface area contributed by atoms with Crippen LogP contribution in [0.3, 0.4) is 0 Å². The van der Waals surface area contributed by atoms with Gasteiger partial charge in [-0.15, -0.1) is 0 Å². The van der Waals surface area contributed by atoms with E-state index in [1.54, 1.807) is 13.3 Å². The third-order valence-electron chi connectivity index (χ3n) is 6.53. The van der Waals surface area contributed by atoms with Crippen LogP contribution in [-0.4, -0.2) is 36.2 Å². The molecule has 0 spiro atoms. The van der Waals surface area contributed by atoms with E-state index >= 15 is 0 Å². The number of rotatable bonds is 8. The number of methoxy groups -OCH3 is 1. The van der Waals surface area contributed by atoms with Crippen molar-refractivity contribution < 1.29 is 9.47 Å². The lowest BCUT2D eigenvalue weighted by molar-refractivity contribution is 0.170. The Morgan fingerprint density at radius 3 is 2.52 bits per heavy atom. The summed E-state index contributed by atoms with van der Waals surface area (Å²) in [5.74, 6) is 2.69. The van der Waals surface area contributed by atoms with Crippen LogP contribution in [0.25, 0.3) is 0 Å². The predicted octanol–water partition coefficient (Wildman–Crippen LogP) is 5.26. The van der Waals surface area contributed by atoms with E-state index in [2.05, 4.69) is 40.2 Å². The first-order chi connectivity index (χ1) is 14.3. The second-order valence-corrected chi connectivity index (χ2v) is 8.56. The second-order valence-electron chi connectivity index (χ2n) is 8.56. The van der Waals surface area contributed by atoms with Crippen molar-refractivity contribution in [1.82, 2.24) is 9.88 Å². The van der Waals surface area contributed by atoms with Crippen LogP contribution in [0, 0.1) is 5.92 Å². The van der Waals surface area contributed by atoms with Crippen molar-refractivity contribution >= 4 is 0 Å². The smallest absolute Gasteiger partial charge is 0.217 e. The molecule has 0 atom stereocenters. The molecule has 1 aromatic heterocycles. The van der Waals surface area contributed by atoms with Gasteiger partial charge >= 0.3 is 0 Å². The van der Waals surface area contributed by atoms with E-state index < -0.39 is 0 Å². The fourth-order valence-electron chi connectivity index (χ4n) is 4.77. The molecule has 2 aromatic rings. The Morgan fingerprint density at radius 1 is 0.966 bits per heavy atom. The molecule has 2 aliphatic rings. The molecule has 1 saturated heterocycles. The number of pyridine rings is 1. The number of hydrogen-bond acceptors (Lipinski definition) is 4. The summed E-state index contributed by atoms with van der Waals surface area (Å²) in [6, 6.07) is 12.8. The average molecular weight is 395 g/mol. The van der Waals surface area contributed by atoms with Gasteiger partial charge in [-0.1, -0.05) is 24.3 Å². The Bertz CT molecular complexity index is 765. The summed E-state index contributed by atoms with van der Waals surface area (Å²) in [5, 5.41) is 0. The zero-order valence-corrected chi connectivity index (χ0v) is 17.7. The molecule has 1 aliphatic heterocycles. The highest BCUT2D eigenvalue weighted by molar-refractivity contribution is 5.33. The minimum absolute atomic E-state index is 0.434. The number of aryl methyl sites for hydroxylation is 1. The van der Waals surface area contributed by atoms with Gasteiger partial charge in [0.2, 0.25) is 5.88 Å². The minimum atomic E-state index is 0.434. The number of nitrogens with zero attached hydrogens (tertiary/aromatic N) is 2. The Labute approximate surface area is 175 Å². The molecule has 1 aromatic carbocycles. The average Bonchev–Trinajstić information content (AvgIpc) is 3.28. The Kier molecular flexibility index (Phi) is 7.04. The number of para-hydroxylation sites is 1. The highest BCUT2D eigenvalue weighted by Crippen LogP contribution is 2.30. The molecular formula is C25H34N2O2. The van der Waals surface area contributed by atoms with Gasteiger partial charge in [-0.25, -0.2) is 4.98 Å². The largest absolute Gasteiger partial charge is 0.490 e. The fraction of sp³-hybridized carbons (Fsp3) is 0.560. The maximum absolute atomic E-state index is 6.33. The number of hydrogen-bond donors (Lipinski definition) is 0. The van der Waals surface area contributed by atoms with Gasteiger partial charge in [0.1, 0.15) is 5.75 Å². The molecule has 2 heterocycles. The number of aromatic nitrogens is 1. The van der Waals surface area contributed by atoms with Crippen molar-refractivity contribution in [3.05, 3.63) is 53.7 Å². The quantitative estimate of drug-likeness (QED) is 0.612. The maximum Gasteiger partial charge on any atom is 0.217 e. The third kappa shape index (κ3) is 5.51. The van der Waals surface area contributed by atoms with E-state index in [0.717, 1.165) is 43.6 Å². The second kappa shape index (κ2) is 10.1. The molecule has 4 rings (SSSR count). The molecule has 1 aliphatic carbocycles. The van der Waals surface area contributed by atoms with Crippen LogP contribution >= 0.6 is 0 Å². The van der Waals surface area contributed by atoms with Crippen LogP contribution in [0.15, 0.2) is 42.6 Å².